The van der Waals surface area contributed by atoms with Crippen molar-refractivity contribution in [3.8, 4) is 11.6 Å². The minimum Gasteiger partial charge on any atom is -0.439 e. The number of aromatic nitrogens is 4. The van der Waals surface area contributed by atoms with Crippen molar-refractivity contribution < 1.29 is 13.9 Å². The highest BCUT2D eigenvalue weighted by atomic mass is 19.1. The summed E-state index contributed by atoms with van der Waals surface area (Å²) >= 11 is 0. The molecule has 2 saturated heterocycles. The fourth-order valence-electron chi connectivity index (χ4n) is 4.39. The smallest absolute Gasteiger partial charge is 0.225 e. The van der Waals surface area contributed by atoms with E-state index in [-0.39, 0.29) is 11.7 Å². The third-order valence-electron chi connectivity index (χ3n) is 6.22. The Kier molecular flexibility index (Phi) is 6.92. The maximum Gasteiger partial charge on any atom is 0.225 e. The highest BCUT2D eigenvalue weighted by Gasteiger charge is 2.24. The molecule has 0 radical (unpaired) electrons. The molecule has 178 valence electrons. The zero-order chi connectivity index (χ0) is 23.3. The molecule has 0 saturated carbocycles. The number of ether oxygens (including phenoxy) is 2. The van der Waals surface area contributed by atoms with Crippen LogP contribution in [0.5, 0.6) is 11.6 Å². The summed E-state index contributed by atoms with van der Waals surface area (Å²) in [4.78, 5) is 23.2. The number of halogens is 1. The van der Waals surface area contributed by atoms with Crippen LogP contribution in [0.3, 0.4) is 0 Å². The molecule has 0 spiro atoms. The summed E-state index contributed by atoms with van der Waals surface area (Å²) in [6.07, 6.45) is 3.80. The van der Waals surface area contributed by atoms with Gasteiger partial charge in [-0.1, -0.05) is 0 Å². The van der Waals surface area contributed by atoms with Gasteiger partial charge in [0.2, 0.25) is 11.8 Å². The van der Waals surface area contributed by atoms with Crippen LogP contribution in [0.25, 0.3) is 0 Å². The second-order valence-corrected chi connectivity index (χ2v) is 8.76. The summed E-state index contributed by atoms with van der Waals surface area (Å²) < 4.78 is 24.5. The minimum atomic E-state index is -0.294. The van der Waals surface area contributed by atoms with E-state index in [2.05, 4.69) is 24.8 Å². The first-order valence-corrected chi connectivity index (χ1v) is 11.8. The Morgan fingerprint density at radius 1 is 1.00 bits per heavy atom. The summed E-state index contributed by atoms with van der Waals surface area (Å²) in [7, 11) is 0. The van der Waals surface area contributed by atoms with Crippen molar-refractivity contribution in [3.63, 3.8) is 0 Å². The van der Waals surface area contributed by atoms with Gasteiger partial charge in [0.1, 0.15) is 17.4 Å². The Hall–Kier alpha value is -3.17. The number of morpholine rings is 1. The Labute approximate surface area is 198 Å². The van der Waals surface area contributed by atoms with Gasteiger partial charge in [-0.3, -0.25) is 4.90 Å². The largest absolute Gasteiger partial charge is 0.439 e. The summed E-state index contributed by atoms with van der Waals surface area (Å²) in [5.41, 5.74) is 1.90. The van der Waals surface area contributed by atoms with Gasteiger partial charge in [0, 0.05) is 43.5 Å². The first-order valence-electron chi connectivity index (χ1n) is 11.8. The van der Waals surface area contributed by atoms with Gasteiger partial charge in [0.25, 0.3) is 0 Å². The molecule has 2 aliphatic rings. The zero-order valence-electron chi connectivity index (χ0n) is 19.4. The summed E-state index contributed by atoms with van der Waals surface area (Å²) in [6.45, 7) is 7.76. The molecular formula is C25H29FN6O2. The van der Waals surface area contributed by atoms with Crippen LogP contribution in [0.15, 0.2) is 42.6 Å². The highest BCUT2D eigenvalue weighted by Crippen LogP contribution is 2.29. The predicted octanol–water partition coefficient (Wildman–Crippen LogP) is 3.72. The van der Waals surface area contributed by atoms with Gasteiger partial charge >= 0.3 is 0 Å². The number of benzene rings is 1. The van der Waals surface area contributed by atoms with E-state index in [1.54, 1.807) is 12.1 Å². The molecule has 5 rings (SSSR count). The van der Waals surface area contributed by atoms with Gasteiger partial charge in [0.05, 0.1) is 18.9 Å². The van der Waals surface area contributed by atoms with E-state index in [9.17, 15) is 4.39 Å². The number of hydrogen-bond donors (Lipinski definition) is 0. The van der Waals surface area contributed by atoms with E-state index in [1.807, 2.05) is 25.3 Å². The molecule has 34 heavy (non-hydrogen) atoms. The number of rotatable bonds is 6. The summed E-state index contributed by atoms with van der Waals surface area (Å²) in [6, 6.07) is 9.76. The third-order valence-corrected chi connectivity index (χ3v) is 6.22. The number of likely N-dealkylation sites (tertiary alicyclic amines) is 1. The maximum atomic E-state index is 13.2. The Balaban J connectivity index is 1.19. The second-order valence-electron chi connectivity index (χ2n) is 8.76. The van der Waals surface area contributed by atoms with Crippen LogP contribution in [0.4, 0.5) is 10.3 Å². The van der Waals surface area contributed by atoms with Gasteiger partial charge < -0.3 is 14.4 Å². The van der Waals surface area contributed by atoms with Crippen molar-refractivity contribution in [2.45, 2.75) is 32.2 Å². The van der Waals surface area contributed by atoms with E-state index in [4.69, 9.17) is 14.5 Å². The molecule has 2 aromatic heterocycles. The van der Waals surface area contributed by atoms with Crippen molar-refractivity contribution in [2.24, 2.45) is 0 Å². The molecule has 4 heterocycles. The van der Waals surface area contributed by atoms with Crippen molar-refractivity contribution in [3.05, 3.63) is 65.6 Å². The normalized spacial score (nSPS) is 17.6. The maximum absolute atomic E-state index is 13.2. The predicted molar refractivity (Wildman–Crippen MR) is 126 cm³/mol. The lowest BCUT2D eigenvalue weighted by Crippen LogP contribution is -2.37. The summed E-state index contributed by atoms with van der Waals surface area (Å²) in [5.74, 6) is 2.64. The molecular weight excluding hydrogens is 435 g/mol. The minimum absolute atomic E-state index is 0.279. The number of aryl methyl sites for hydroxylation is 1. The van der Waals surface area contributed by atoms with Crippen molar-refractivity contribution in [1.82, 2.24) is 24.8 Å². The van der Waals surface area contributed by atoms with E-state index in [1.165, 1.54) is 12.1 Å². The van der Waals surface area contributed by atoms with Crippen LogP contribution in [0, 0.1) is 12.7 Å². The van der Waals surface area contributed by atoms with Crippen molar-refractivity contribution >= 4 is 5.95 Å². The van der Waals surface area contributed by atoms with Gasteiger partial charge in [-0.25, -0.2) is 19.3 Å². The molecule has 0 aliphatic carbocycles. The van der Waals surface area contributed by atoms with Crippen LogP contribution in [0.1, 0.15) is 36.0 Å². The number of nitrogens with zero attached hydrogens (tertiary/aromatic N) is 6. The average molecular weight is 465 g/mol. The quantitative estimate of drug-likeness (QED) is 0.546. The van der Waals surface area contributed by atoms with Crippen LogP contribution >= 0.6 is 0 Å². The fraction of sp³-hybridized carbons (Fsp3) is 0.440. The van der Waals surface area contributed by atoms with E-state index in [0.717, 1.165) is 81.9 Å². The van der Waals surface area contributed by atoms with Crippen LogP contribution < -0.4 is 9.64 Å². The SMILES string of the molecule is Cc1cc(Oc2ccc(F)cc2)nc(C2CCN(Cc3ccnc(N4CCOCC4)n3)CC2)n1. The molecule has 0 unspecified atom stereocenters. The molecule has 0 amide bonds. The van der Waals surface area contributed by atoms with Gasteiger partial charge in [-0.2, -0.15) is 4.98 Å². The van der Waals surface area contributed by atoms with Crippen LogP contribution in [-0.2, 0) is 11.3 Å². The number of hydrogen-bond acceptors (Lipinski definition) is 8. The zero-order valence-corrected chi connectivity index (χ0v) is 19.4. The van der Waals surface area contributed by atoms with Gasteiger partial charge in [-0.05, 0) is 63.2 Å². The lowest BCUT2D eigenvalue weighted by atomic mass is 9.95. The molecule has 0 bridgehead atoms. The first kappa shape index (κ1) is 22.6. The van der Waals surface area contributed by atoms with Crippen LogP contribution in [0.2, 0.25) is 0 Å². The van der Waals surface area contributed by atoms with Gasteiger partial charge in [-0.15, -0.1) is 0 Å². The van der Waals surface area contributed by atoms with E-state index < -0.39 is 0 Å². The second kappa shape index (κ2) is 10.4. The number of piperidine rings is 1. The first-order chi connectivity index (χ1) is 16.6. The topological polar surface area (TPSA) is 76.5 Å². The molecule has 2 fully saturated rings. The fourth-order valence-corrected chi connectivity index (χ4v) is 4.39. The molecule has 8 nitrogen and oxygen atoms in total. The number of anilines is 1. The third kappa shape index (κ3) is 5.66. The lowest BCUT2D eigenvalue weighted by molar-refractivity contribution is 0.122. The molecule has 0 atom stereocenters. The highest BCUT2D eigenvalue weighted by molar-refractivity contribution is 5.31. The molecule has 9 heteroatoms. The monoisotopic (exact) mass is 464 g/mol. The van der Waals surface area contributed by atoms with Crippen LogP contribution in [-0.4, -0.2) is 64.2 Å². The van der Waals surface area contributed by atoms with Crippen molar-refractivity contribution in [1.29, 1.82) is 0 Å². The molecule has 0 N–H and O–H groups in total. The summed E-state index contributed by atoms with van der Waals surface area (Å²) in [5, 5.41) is 0. The Morgan fingerprint density at radius 3 is 2.53 bits per heavy atom. The molecule has 1 aromatic carbocycles. The molecule has 3 aromatic rings. The van der Waals surface area contributed by atoms with Gasteiger partial charge in [0.15, 0.2) is 0 Å². The molecule has 2 aliphatic heterocycles. The standard InChI is InChI=1S/C25H29FN6O2/c1-18-16-23(34-22-4-2-20(26)3-5-22)30-24(28-18)19-7-10-31(11-8-19)17-21-6-9-27-25(29-21)32-12-14-33-15-13-32/h2-6,9,16,19H,7-8,10-15,17H2,1H3. The van der Waals surface area contributed by atoms with E-state index >= 15 is 0 Å². The Bertz CT molecular complexity index is 1100. The average Bonchev–Trinajstić information content (AvgIpc) is 2.86. The van der Waals surface area contributed by atoms with E-state index in [0.29, 0.717) is 11.6 Å². The lowest BCUT2D eigenvalue weighted by Gasteiger charge is -2.31. The Morgan fingerprint density at radius 2 is 1.76 bits per heavy atom. The van der Waals surface area contributed by atoms with Crippen molar-refractivity contribution in [2.75, 3.05) is 44.3 Å².